The number of benzene rings is 1. The van der Waals surface area contributed by atoms with Crippen LogP contribution in [0.3, 0.4) is 0 Å². The highest BCUT2D eigenvalue weighted by Gasteiger charge is 2.12. The quantitative estimate of drug-likeness (QED) is 0.885. The molecule has 0 saturated heterocycles. The molecule has 6 nitrogen and oxygen atoms in total. The van der Waals surface area contributed by atoms with Gasteiger partial charge >= 0.3 is 0 Å². The van der Waals surface area contributed by atoms with Crippen molar-refractivity contribution in [3.8, 4) is 11.4 Å². The lowest BCUT2D eigenvalue weighted by molar-refractivity contribution is -0.115. The van der Waals surface area contributed by atoms with Gasteiger partial charge in [-0.3, -0.25) is 9.59 Å². The van der Waals surface area contributed by atoms with Crippen LogP contribution in [0.25, 0.3) is 11.4 Å². The SMILES string of the molecule is CCC(=O)Nc1ccc(-c2nn(C(C)=O)c(=S)n2C)cc1. The van der Waals surface area contributed by atoms with Gasteiger partial charge in [-0.15, -0.1) is 5.10 Å². The fourth-order valence-corrected chi connectivity index (χ4v) is 2.10. The van der Waals surface area contributed by atoms with Gasteiger partial charge < -0.3 is 9.88 Å². The highest BCUT2D eigenvalue weighted by atomic mass is 32.1. The van der Waals surface area contributed by atoms with Crippen LogP contribution in [-0.4, -0.2) is 26.2 Å². The molecule has 0 bridgehead atoms. The predicted octanol–water partition coefficient (Wildman–Crippen LogP) is 2.63. The second-order valence-corrected chi connectivity index (χ2v) is 4.94. The van der Waals surface area contributed by atoms with Gasteiger partial charge in [0.05, 0.1) is 0 Å². The van der Waals surface area contributed by atoms with Crippen LogP contribution in [0.15, 0.2) is 24.3 Å². The average molecular weight is 304 g/mol. The summed E-state index contributed by atoms with van der Waals surface area (Å²) in [5, 5.41) is 7.00. The zero-order valence-corrected chi connectivity index (χ0v) is 12.9. The first kappa shape index (κ1) is 15.1. The van der Waals surface area contributed by atoms with E-state index >= 15 is 0 Å². The summed E-state index contributed by atoms with van der Waals surface area (Å²) in [6.45, 7) is 3.21. The lowest BCUT2D eigenvalue weighted by Gasteiger charge is -2.05. The van der Waals surface area contributed by atoms with Crippen LogP contribution >= 0.6 is 12.2 Å². The van der Waals surface area contributed by atoms with Crippen LogP contribution < -0.4 is 5.32 Å². The van der Waals surface area contributed by atoms with Crippen LogP contribution in [-0.2, 0) is 11.8 Å². The van der Waals surface area contributed by atoms with Crippen LogP contribution in [0.2, 0.25) is 0 Å². The maximum atomic E-state index is 11.4. The molecule has 7 heteroatoms. The third kappa shape index (κ3) is 3.08. The summed E-state index contributed by atoms with van der Waals surface area (Å²) in [5.74, 6) is 0.333. The van der Waals surface area contributed by atoms with E-state index in [1.807, 2.05) is 12.1 Å². The summed E-state index contributed by atoms with van der Waals surface area (Å²) >= 11 is 5.17. The first-order valence-corrected chi connectivity index (χ1v) is 6.92. The molecule has 1 heterocycles. The molecule has 2 aromatic rings. The number of anilines is 1. The van der Waals surface area contributed by atoms with E-state index in [9.17, 15) is 9.59 Å². The molecule has 1 amide bonds. The minimum absolute atomic E-state index is 0.0398. The highest BCUT2D eigenvalue weighted by molar-refractivity contribution is 7.71. The van der Waals surface area contributed by atoms with E-state index < -0.39 is 0 Å². The molecular formula is C14H16N4O2S. The number of hydrogen-bond acceptors (Lipinski definition) is 4. The van der Waals surface area contributed by atoms with Crippen molar-refractivity contribution >= 4 is 29.7 Å². The third-order valence-corrected chi connectivity index (χ3v) is 3.47. The molecule has 110 valence electrons. The third-order valence-electron chi connectivity index (χ3n) is 3.03. The van der Waals surface area contributed by atoms with Gasteiger partial charge in [0.15, 0.2) is 5.82 Å². The van der Waals surface area contributed by atoms with Gasteiger partial charge in [0.1, 0.15) is 0 Å². The van der Waals surface area contributed by atoms with Crippen molar-refractivity contribution in [3.63, 3.8) is 0 Å². The van der Waals surface area contributed by atoms with E-state index in [1.54, 1.807) is 30.7 Å². The Morgan fingerprint density at radius 3 is 2.38 bits per heavy atom. The Morgan fingerprint density at radius 2 is 1.90 bits per heavy atom. The largest absolute Gasteiger partial charge is 0.326 e. The van der Waals surface area contributed by atoms with Gasteiger partial charge in [-0.05, 0) is 36.5 Å². The summed E-state index contributed by atoms with van der Waals surface area (Å²) in [6.07, 6.45) is 0.430. The number of nitrogens with zero attached hydrogens (tertiary/aromatic N) is 3. The van der Waals surface area contributed by atoms with Crippen molar-refractivity contribution in [1.82, 2.24) is 14.3 Å². The van der Waals surface area contributed by atoms with E-state index in [1.165, 1.54) is 11.6 Å². The number of amides is 1. The Balaban J connectivity index is 2.35. The van der Waals surface area contributed by atoms with Crippen molar-refractivity contribution in [2.75, 3.05) is 5.32 Å². The Labute approximate surface area is 127 Å². The lowest BCUT2D eigenvalue weighted by atomic mass is 10.2. The normalized spacial score (nSPS) is 10.4. The zero-order chi connectivity index (χ0) is 15.6. The molecule has 21 heavy (non-hydrogen) atoms. The van der Waals surface area contributed by atoms with Crippen LogP contribution in [0.1, 0.15) is 25.1 Å². The molecule has 0 unspecified atom stereocenters. The molecule has 0 atom stereocenters. The summed E-state index contributed by atoms with van der Waals surface area (Å²) in [6, 6.07) is 7.23. The monoisotopic (exact) mass is 304 g/mol. The summed E-state index contributed by atoms with van der Waals surface area (Å²) in [4.78, 5) is 22.8. The van der Waals surface area contributed by atoms with E-state index in [2.05, 4.69) is 10.4 Å². The smallest absolute Gasteiger partial charge is 0.246 e. The molecule has 1 N–H and O–H groups in total. The number of carbonyl (C=O) groups excluding carboxylic acids is 2. The van der Waals surface area contributed by atoms with Crippen molar-refractivity contribution in [1.29, 1.82) is 0 Å². The molecule has 0 fully saturated rings. The van der Waals surface area contributed by atoms with Gasteiger partial charge in [0.25, 0.3) is 0 Å². The fourth-order valence-electron chi connectivity index (χ4n) is 1.85. The fraction of sp³-hybridized carbons (Fsp3) is 0.286. The van der Waals surface area contributed by atoms with Crippen molar-refractivity contribution in [3.05, 3.63) is 29.0 Å². The number of nitrogens with one attached hydrogen (secondary N) is 1. The molecule has 0 radical (unpaired) electrons. The Kier molecular flexibility index (Phi) is 4.32. The Bertz CT molecular complexity index is 743. The molecule has 0 aliphatic heterocycles. The Morgan fingerprint density at radius 1 is 1.29 bits per heavy atom. The summed E-state index contributed by atoms with van der Waals surface area (Å²) < 4.78 is 3.22. The summed E-state index contributed by atoms with van der Waals surface area (Å²) in [5.41, 5.74) is 1.54. The molecule has 2 rings (SSSR count). The van der Waals surface area contributed by atoms with E-state index in [0.29, 0.717) is 17.0 Å². The molecule has 0 spiro atoms. The van der Waals surface area contributed by atoms with Gasteiger partial charge in [-0.2, -0.15) is 4.68 Å². The van der Waals surface area contributed by atoms with Gasteiger partial charge in [-0.1, -0.05) is 6.92 Å². The second kappa shape index (κ2) is 6.01. The van der Waals surface area contributed by atoms with Crippen molar-refractivity contribution < 1.29 is 9.59 Å². The number of carbonyl (C=O) groups is 2. The van der Waals surface area contributed by atoms with E-state index in [-0.39, 0.29) is 11.8 Å². The lowest BCUT2D eigenvalue weighted by Crippen LogP contribution is -2.09. The minimum Gasteiger partial charge on any atom is -0.326 e. The standard InChI is InChI=1S/C14H16N4O2S/c1-4-12(20)15-11-7-5-10(6-8-11)13-16-18(9(2)19)14(21)17(13)3/h5-8H,4H2,1-3H3,(H,15,20). The minimum atomic E-state index is -0.228. The molecule has 0 aliphatic carbocycles. The van der Waals surface area contributed by atoms with Crippen LogP contribution in [0.5, 0.6) is 0 Å². The number of hydrogen-bond donors (Lipinski definition) is 1. The number of rotatable bonds is 3. The topological polar surface area (TPSA) is 68.9 Å². The first-order valence-electron chi connectivity index (χ1n) is 6.51. The van der Waals surface area contributed by atoms with Gasteiger partial charge in [-0.25, -0.2) is 0 Å². The highest BCUT2D eigenvalue weighted by Crippen LogP contribution is 2.20. The maximum absolute atomic E-state index is 11.4. The van der Waals surface area contributed by atoms with Gasteiger partial charge in [0, 0.05) is 31.6 Å². The first-order chi connectivity index (χ1) is 9.93. The van der Waals surface area contributed by atoms with Gasteiger partial charge in [0.2, 0.25) is 16.6 Å². The van der Waals surface area contributed by atoms with E-state index in [4.69, 9.17) is 12.2 Å². The zero-order valence-electron chi connectivity index (χ0n) is 12.1. The molecule has 1 aromatic heterocycles. The van der Waals surface area contributed by atoms with E-state index in [0.717, 1.165) is 11.3 Å². The summed E-state index contributed by atoms with van der Waals surface area (Å²) in [7, 11) is 1.76. The average Bonchev–Trinajstić information content (AvgIpc) is 2.76. The second-order valence-electron chi connectivity index (χ2n) is 4.58. The molecule has 0 aliphatic rings. The molecular weight excluding hydrogens is 288 g/mol. The number of aromatic nitrogens is 3. The van der Waals surface area contributed by atoms with Crippen molar-refractivity contribution in [2.24, 2.45) is 7.05 Å². The van der Waals surface area contributed by atoms with Crippen LogP contribution in [0, 0.1) is 4.77 Å². The predicted molar refractivity (Wildman–Crippen MR) is 82.7 cm³/mol. The maximum Gasteiger partial charge on any atom is 0.246 e. The van der Waals surface area contributed by atoms with Crippen molar-refractivity contribution in [2.45, 2.75) is 20.3 Å². The Hall–Kier alpha value is -2.28. The molecule has 1 aromatic carbocycles. The van der Waals surface area contributed by atoms with Crippen LogP contribution in [0.4, 0.5) is 5.69 Å². The molecule has 0 saturated carbocycles.